The molecule has 0 saturated carbocycles. The van der Waals surface area contributed by atoms with Crippen LogP contribution >= 0.6 is 9.39 Å². The third-order valence-corrected chi connectivity index (χ3v) is 1.04. The summed E-state index contributed by atoms with van der Waals surface area (Å²) in [6.07, 6.45) is 0. The zero-order valence-corrected chi connectivity index (χ0v) is 5.33. The Bertz CT molecular complexity index is 172. The molecule has 8 heavy (non-hydrogen) atoms. The van der Waals surface area contributed by atoms with Crippen molar-refractivity contribution in [3.05, 3.63) is 6.07 Å². The van der Waals surface area contributed by atoms with Crippen LogP contribution in [0.25, 0.3) is 0 Å². The first-order chi connectivity index (χ1) is 3.83. The summed E-state index contributed by atoms with van der Waals surface area (Å²) in [5.74, 6) is 1.29. The van der Waals surface area contributed by atoms with E-state index in [1.165, 1.54) is 0 Å². The lowest BCUT2D eigenvalue weighted by atomic mass is 10.6. The van der Waals surface area contributed by atoms with Gasteiger partial charge in [0.05, 0.1) is 0 Å². The van der Waals surface area contributed by atoms with Crippen LogP contribution in [0.4, 0.5) is 11.6 Å². The number of nitrogens with one attached hydrogen (secondary N) is 2. The molecule has 1 rings (SSSR count). The predicted molar refractivity (Wildman–Crippen MR) is 36.3 cm³/mol. The number of nitrogen functional groups attached to an aromatic ring is 1. The molecular formula is C3H7N4P. The van der Waals surface area contributed by atoms with E-state index in [1.54, 1.807) is 6.07 Å². The zero-order valence-electron chi connectivity index (χ0n) is 4.18. The van der Waals surface area contributed by atoms with Crippen LogP contribution in [0.3, 0.4) is 0 Å². The van der Waals surface area contributed by atoms with Crippen molar-refractivity contribution in [3.8, 4) is 0 Å². The second-order valence-electron chi connectivity index (χ2n) is 1.35. The van der Waals surface area contributed by atoms with Gasteiger partial charge in [-0.15, -0.1) is 0 Å². The van der Waals surface area contributed by atoms with Crippen molar-refractivity contribution < 1.29 is 0 Å². The molecule has 0 aliphatic heterocycles. The first kappa shape index (κ1) is 5.38. The number of nitrogens with zero attached hydrogens (tertiary/aromatic N) is 1. The number of hydrogen-bond donors (Lipinski definition) is 3. The molecule has 0 aliphatic rings. The number of aromatic amines is 1. The quantitative estimate of drug-likeness (QED) is 0.475. The Morgan fingerprint density at radius 1 is 1.88 bits per heavy atom. The largest absolute Gasteiger partial charge is 0.384 e. The van der Waals surface area contributed by atoms with Crippen molar-refractivity contribution in [2.75, 3.05) is 10.8 Å². The van der Waals surface area contributed by atoms with E-state index in [2.05, 4.69) is 24.7 Å². The number of H-pyrrole nitrogens is 1. The van der Waals surface area contributed by atoms with Crippen LogP contribution in [0, 0.1) is 0 Å². The molecule has 5 heteroatoms. The first-order valence-electron chi connectivity index (χ1n) is 2.10. The highest BCUT2D eigenvalue weighted by Gasteiger charge is 1.89. The Morgan fingerprint density at radius 2 is 2.62 bits per heavy atom. The lowest BCUT2D eigenvalue weighted by Crippen LogP contribution is -1.81. The van der Waals surface area contributed by atoms with Gasteiger partial charge in [-0.3, -0.25) is 5.10 Å². The number of rotatable bonds is 1. The zero-order chi connectivity index (χ0) is 5.98. The summed E-state index contributed by atoms with van der Waals surface area (Å²) in [6.45, 7) is 0. The number of aromatic nitrogens is 2. The van der Waals surface area contributed by atoms with Crippen molar-refractivity contribution in [1.82, 2.24) is 10.2 Å². The summed E-state index contributed by atoms with van der Waals surface area (Å²) in [4.78, 5) is 0. The van der Waals surface area contributed by atoms with Gasteiger partial charge in [0.1, 0.15) is 5.82 Å². The molecule has 0 aliphatic carbocycles. The maximum atomic E-state index is 5.29. The summed E-state index contributed by atoms with van der Waals surface area (Å²) in [5, 5.41) is 9.07. The van der Waals surface area contributed by atoms with Crippen LogP contribution in [0.2, 0.25) is 0 Å². The molecule has 1 aromatic rings. The summed E-state index contributed by atoms with van der Waals surface area (Å²) in [7, 11) is 2.32. The Morgan fingerprint density at radius 3 is 2.88 bits per heavy atom. The van der Waals surface area contributed by atoms with Crippen molar-refractivity contribution >= 4 is 21.0 Å². The molecule has 0 aromatic carbocycles. The SMILES string of the molecule is Nc1cc(NP)n[nH]1. The molecule has 0 saturated heterocycles. The molecule has 0 radical (unpaired) electrons. The van der Waals surface area contributed by atoms with Crippen molar-refractivity contribution in [2.45, 2.75) is 0 Å². The van der Waals surface area contributed by atoms with Gasteiger partial charge < -0.3 is 10.8 Å². The van der Waals surface area contributed by atoms with Gasteiger partial charge in [0.15, 0.2) is 5.82 Å². The maximum absolute atomic E-state index is 5.29. The highest BCUT2D eigenvalue weighted by molar-refractivity contribution is 7.18. The minimum atomic E-state index is 0.565. The Balaban J connectivity index is 2.84. The predicted octanol–water partition coefficient (Wildman–Crippen LogP) is 0.194. The number of nitrogens with two attached hydrogens (primary N) is 1. The smallest absolute Gasteiger partial charge is 0.152 e. The van der Waals surface area contributed by atoms with E-state index in [9.17, 15) is 0 Å². The summed E-state index contributed by atoms with van der Waals surface area (Å²) < 4.78 is 0. The van der Waals surface area contributed by atoms with E-state index in [0.29, 0.717) is 5.82 Å². The van der Waals surface area contributed by atoms with E-state index < -0.39 is 0 Å². The average molecular weight is 130 g/mol. The molecule has 1 heterocycles. The lowest BCUT2D eigenvalue weighted by Gasteiger charge is -1.84. The molecule has 44 valence electrons. The number of anilines is 2. The third kappa shape index (κ3) is 0.898. The third-order valence-electron chi connectivity index (χ3n) is 0.746. The fourth-order valence-corrected chi connectivity index (χ4v) is 0.558. The van der Waals surface area contributed by atoms with Crippen LogP contribution in [0.1, 0.15) is 0 Å². The van der Waals surface area contributed by atoms with E-state index in [0.717, 1.165) is 5.82 Å². The minimum Gasteiger partial charge on any atom is -0.384 e. The highest BCUT2D eigenvalue weighted by Crippen LogP contribution is 2.06. The van der Waals surface area contributed by atoms with Crippen molar-refractivity contribution in [2.24, 2.45) is 0 Å². The fourth-order valence-electron chi connectivity index (χ4n) is 0.411. The second-order valence-corrected chi connectivity index (χ2v) is 1.64. The maximum Gasteiger partial charge on any atom is 0.152 e. The van der Waals surface area contributed by atoms with Gasteiger partial charge >= 0.3 is 0 Å². The second kappa shape index (κ2) is 2.01. The van der Waals surface area contributed by atoms with Gasteiger partial charge in [-0.25, -0.2) is 0 Å². The topological polar surface area (TPSA) is 66.7 Å². The van der Waals surface area contributed by atoms with Crippen LogP contribution in [0.5, 0.6) is 0 Å². The van der Waals surface area contributed by atoms with E-state index in [-0.39, 0.29) is 0 Å². The first-order valence-corrected chi connectivity index (χ1v) is 2.68. The van der Waals surface area contributed by atoms with E-state index in [1.807, 2.05) is 0 Å². The minimum absolute atomic E-state index is 0.565. The molecule has 0 bridgehead atoms. The van der Waals surface area contributed by atoms with Crippen LogP contribution in [0.15, 0.2) is 6.07 Å². The Labute approximate surface area is 49.1 Å². The molecule has 1 atom stereocenters. The highest BCUT2D eigenvalue weighted by atomic mass is 31.0. The van der Waals surface area contributed by atoms with Crippen LogP contribution in [-0.2, 0) is 0 Å². The normalized spacial score (nSPS) is 9.12. The Kier molecular flexibility index (Phi) is 1.35. The fraction of sp³-hybridized carbons (Fsp3) is 0. The molecule has 1 unspecified atom stereocenters. The van der Waals surface area contributed by atoms with E-state index >= 15 is 0 Å². The monoisotopic (exact) mass is 130 g/mol. The Hall–Kier alpha value is -0.760. The van der Waals surface area contributed by atoms with Gasteiger partial charge in [-0.05, 0) is 9.39 Å². The summed E-state index contributed by atoms with van der Waals surface area (Å²) in [5.41, 5.74) is 5.29. The molecule has 4 N–H and O–H groups in total. The molecule has 4 nitrogen and oxygen atoms in total. The van der Waals surface area contributed by atoms with Crippen molar-refractivity contribution in [1.29, 1.82) is 0 Å². The summed E-state index contributed by atoms with van der Waals surface area (Å²) in [6, 6.07) is 1.70. The van der Waals surface area contributed by atoms with Gasteiger partial charge in [-0.1, -0.05) is 0 Å². The average Bonchev–Trinajstić information content (AvgIpc) is 2.14. The van der Waals surface area contributed by atoms with Gasteiger partial charge in [-0.2, -0.15) is 5.10 Å². The molecule has 0 spiro atoms. The standard InChI is InChI=1S/C3H7N4P/c4-2-1-3(7-8)6-5-2/h1H,8H2,(H4,4,5,6,7). The number of hydrogen-bond acceptors (Lipinski definition) is 3. The summed E-state index contributed by atoms with van der Waals surface area (Å²) >= 11 is 0. The van der Waals surface area contributed by atoms with Crippen LogP contribution in [-0.4, -0.2) is 10.2 Å². The van der Waals surface area contributed by atoms with Crippen molar-refractivity contribution in [3.63, 3.8) is 0 Å². The van der Waals surface area contributed by atoms with Crippen LogP contribution < -0.4 is 10.8 Å². The molecule has 0 amide bonds. The van der Waals surface area contributed by atoms with Gasteiger partial charge in [0.2, 0.25) is 0 Å². The lowest BCUT2D eigenvalue weighted by molar-refractivity contribution is 1.11. The molecule has 0 fully saturated rings. The van der Waals surface area contributed by atoms with Gasteiger partial charge in [0.25, 0.3) is 0 Å². The molecular weight excluding hydrogens is 123 g/mol. The molecule has 1 aromatic heterocycles. The van der Waals surface area contributed by atoms with E-state index in [4.69, 9.17) is 5.73 Å². The van der Waals surface area contributed by atoms with Gasteiger partial charge in [0, 0.05) is 6.07 Å².